The van der Waals surface area contributed by atoms with Gasteiger partial charge in [-0.05, 0) is 18.1 Å². The number of ether oxygens (including phenoxy) is 10. The molecule has 0 radical (unpaired) electrons. The molecule has 0 bridgehead atoms. The third-order valence-corrected chi connectivity index (χ3v) is 5.48. The lowest BCUT2D eigenvalue weighted by Crippen LogP contribution is -2.15. The van der Waals surface area contributed by atoms with Gasteiger partial charge in [0.1, 0.15) is 12.4 Å². The van der Waals surface area contributed by atoms with E-state index in [1.165, 1.54) is 0 Å². The van der Waals surface area contributed by atoms with Gasteiger partial charge >= 0.3 is 0 Å². The van der Waals surface area contributed by atoms with Gasteiger partial charge in [-0.25, -0.2) is 0 Å². The number of nitrogens with two attached hydrogens (primary N) is 1. The zero-order valence-corrected chi connectivity index (χ0v) is 24.7. The van der Waals surface area contributed by atoms with Crippen molar-refractivity contribution in [2.45, 2.75) is 20.3 Å². The molecule has 0 aromatic heterocycles. The monoisotopic (exact) mass is 575 g/mol. The molecule has 1 unspecified atom stereocenters. The van der Waals surface area contributed by atoms with Gasteiger partial charge in [-0.15, -0.1) is 0 Å². The van der Waals surface area contributed by atoms with Gasteiger partial charge in [0.15, 0.2) is 0 Å². The van der Waals surface area contributed by atoms with Crippen molar-refractivity contribution in [3.05, 3.63) is 24.3 Å². The number of rotatable bonds is 31. The Kier molecular flexibility index (Phi) is 26.4. The minimum atomic E-state index is 0.443. The summed E-state index contributed by atoms with van der Waals surface area (Å²) in [4.78, 5) is 0. The van der Waals surface area contributed by atoms with E-state index >= 15 is 0 Å². The van der Waals surface area contributed by atoms with Gasteiger partial charge in [-0.1, -0.05) is 32.4 Å². The Morgan fingerprint density at radius 3 is 1.18 bits per heavy atom. The van der Waals surface area contributed by atoms with Crippen molar-refractivity contribution in [2.75, 3.05) is 131 Å². The van der Waals surface area contributed by atoms with E-state index in [9.17, 15) is 0 Å². The van der Waals surface area contributed by atoms with Crippen molar-refractivity contribution in [3.8, 4) is 5.75 Å². The molecule has 0 saturated carbocycles. The van der Waals surface area contributed by atoms with E-state index in [1.807, 2.05) is 18.2 Å². The fourth-order valence-corrected chi connectivity index (χ4v) is 2.98. The molecule has 0 saturated heterocycles. The average molecular weight is 576 g/mol. The molecule has 1 atom stereocenters. The Morgan fingerprint density at radius 1 is 0.500 bits per heavy atom. The van der Waals surface area contributed by atoms with E-state index in [-0.39, 0.29) is 0 Å². The smallest absolute Gasteiger partial charge is 0.142 e. The predicted octanol–water partition coefficient (Wildman–Crippen LogP) is 2.84. The minimum Gasteiger partial charge on any atom is -0.489 e. The van der Waals surface area contributed by atoms with E-state index in [4.69, 9.17) is 53.1 Å². The summed E-state index contributed by atoms with van der Waals surface area (Å²) in [6, 6.07) is 7.39. The minimum absolute atomic E-state index is 0.443. The maximum atomic E-state index is 5.81. The summed E-state index contributed by atoms with van der Waals surface area (Å²) in [7, 11) is 0. The average Bonchev–Trinajstić information content (AvgIpc) is 2.97. The number of nitrogen functional groups attached to an aromatic ring is 1. The standard InChI is InChI=1S/C29H53NO10/c1-3-27(2)26-39-23-22-37-19-18-35-15-14-33-11-10-31-8-9-32-12-13-34-16-17-36-20-21-38-24-25-40-29-7-5-4-6-28(29)30/h4-7,27H,3,8-26,30H2,1-2H3. The van der Waals surface area contributed by atoms with Gasteiger partial charge in [0.2, 0.25) is 0 Å². The van der Waals surface area contributed by atoms with Crippen LogP contribution in [-0.2, 0) is 42.6 Å². The first-order valence-corrected chi connectivity index (χ1v) is 14.4. The highest BCUT2D eigenvalue weighted by Gasteiger charge is 2.00. The molecule has 0 amide bonds. The van der Waals surface area contributed by atoms with Gasteiger partial charge in [-0.3, -0.25) is 0 Å². The number of para-hydroxylation sites is 2. The van der Waals surface area contributed by atoms with Gasteiger partial charge in [-0.2, -0.15) is 0 Å². The quantitative estimate of drug-likeness (QED) is 0.104. The zero-order valence-electron chi connectivity index (χ0n) is 24.7. The summed E-state index contributed by atoms with van der Waals surface area (Å²) in [6.45, 7) is 14.6. The highest BCUT2D eigenvalue weighted by atomic mass is 16.6. The first-order valence-electron chi connectivity index (χ1n) is 14.4. The molecule has 0 aliphatic carbocycles. The Hall–Kier alpha value is -1.54. The summed E-state index contributed by atoms with van der Waals surface area (Å²) in [5, 5.41) is 0. The van der Waals surface area contributed by atoms with Crippen molar-refractivity contribution >= 4 is 5.69 Å². The normalized spacial score (nSPS) is 12.2. The molecule has 0 aliphatic heterocycles. The predicted molar refractivity (Wildman–Crippen MR) is 153 cm³/mol. The topological polar surface area (TPSA) is 118 Å². The van der Waals surface area contributed by atoms with Crippen molar-refractivity contribution < 1.29 is 47.4 Å². The Morgan fingerprint density at radius 2 is 0.825 bits per heavy atom. The van der Waals surface area contributed by atoms with Crippen LogP contribution in [0.5, 0.6) is 5.75 Å². The molecule has 11 heteroatoms. The molecule has 234 valence electrons. The van der Waals surface area contributed by atoms with Gasteiger partial charge in [0.05, 0.1) is 118 Å². The lowest BCUT2D eigenvalue weighted by atomic mass is 10.1. The molecule has 0 spiro atoms. The maximum Gasteiger partial charge on any atom is 0.142 e. The van der Waals surface area contributed by atoms with E-state index in [0.29, 0.717) is 136 Å². The molecule has 0 aliphatic rings. The largest absolute Gasteiger partial charge is 0.489 e. The van der Waals surface area contributed by atoms with Crippen LogP contribution in [0.2, 0.25) is 0 Å². The Bertz CT molecular complexity index is 655. The first kappa shape index (κ1) is 36.5. The summed E-state index contributed by atoms with van der Waals surface area (Å²) in [5.74, 6) is 1.27. The highest BCUT2D eigenvalue weighted by molar-refractivity contribution is 5.51. The van der Waals surface area contributed by atoms with Crippen molar-refractivity contribution in [1.82, 2.24) is 0 Å². The summed E-state index contributed by atoms with van der Waals surface area (Å²) < 4.78 is 54.8. The number of hydrogen-bond acceptors (Lipinski definition) is 11. The first-order chi connectivity index (χ1) is 19.7. The van der Waals surface area contributed by atoms with Crippen LogP contribution in [0.15, 0.2) is 24.3 Å². The molecule has 11 nitrogen and oxygen atoms in total. The molecule has 0 heterocycles. The lowest BCUT2D eigenvalue weighted by molar-refractivity contribution is -0.0258. The highest BCUT2D eigenvalue weighted by Crippen LogP contribution is 2.19. The van der Waals surface area contributed by atoms with Gasteiger partial charge in [0, 0.05) is 6.61 Å². The van der Waals surface area contributed by atoms with Crippen molar-refractivity contribution in [2.24, 2.45) is 5.92 Å². The number of anilines is 1. The van der Waals surface area contributed by atoms with E-state index in [0.717, 1.165) is 13.0 Å². The fourth-order valence-electron chi connectivity index (χ4n) is 2.98. The third-order valence-electron chi connectivity index (χ3n) is 5.48. The number of benzene rings is 1. The van der Waals surface area contributed by atoms with Gasteiger partial charge < -0.3 is 53.1 Å². The second-order valence-corrected chi connectivity index (χ2v) is 8.87. The molecular weight excluding hydrogens is 522 g/mol. The summed E-state index contributed by atoms with van der Waals surface area (Å²) in [5.41, 5.74) is 6.43. The van der Waals surface area contributed by atoms with Crippen LogP contribution in [0.4, 0.5) is 5.69 Å². The zero-order chi connectivity index (χ0) is 28.8. The molecule has 1 aromatic carbocycles. The van der Waals surface area contributed by atoms with Crippen molar-refractivity contribution in [3.63, 3.8) is 0 Å². The van der Waals surface area contributed by atoms with Crippen LogP contribution >= 0.6 is 0 Å². The van der Waals surface area contributed by atoms with Crippen LogP contribution < -0.4 is 10.5 Å². The SMILES string of the molecule is CCC(C)COCCOCCOCCOCCOCCOCCOCCOCCOCCOc1ccccc1N. The van der Waals surface area contributed by atoms with E-state index in [2.05, 4.69) is 13.8 Å². The Labute approximate surface area is 240 Å². The van der Waals surface area contributed by atoms with E-state index in [1.54, 1.807) is 6.07 Å². The summed E-state index contributed by atoms with van der Waals surface area (Å²) >= 11 is 0. The Balaban J connectivity index is 1.65. The molecule has 1 rings (SSSR count). The second-order valence-electron chi connectivity index (χ2n) is 8.87. The van der Waals surface area contributed by atoms with Crippen LogP contribution in [0.25, 0.3) is 0 Å². The molecular formula is C29H53NO10. The molecule has 0 fully saturated rings. The summed E-state index contributed by atoms with van der Waals surface area (Å²) in [6.07, 6.45) is 1.13. The second kappa shape index (κ2) is 29.0. The maximum absolute atomic E-state index is 5.81. The van der Waals surface area contributed by atoms with Crippen LogP contribution in [0.3, 0.4) is 0 Å². The van der Waals surface area contributed by atoms with Gasteiger partial charge in [0.25, 0.3) is 0 Å². The molecule has 2 N–H and O–H groups in total. The fraction of sp³-hybridized carbons (Fsp3) is 0.793. The van der Waals surface area contributed by atoms with Crippen LogP contribution in [0, 0.1) is 5.92 Å². The lowest BCUT2D eigenvalue weighted by Gasteiger charge is -2.10. The number of hydrogen-bond donors (Lipinski definition) is 1. The van der Waals surface area contributed by atoms with Crippen LogP contribution in [0.1, 0.15) is 20.3 Å². The molecule has 40 heavy (non-hydrogen) atoms. The molecule has 1 aromatic rings. The van der Waals surface area contributed by atoms with Crippen LogP contribution in [-0.4, -0.2) is 126 Å². The van der Waals surface area contributed by atoms with E-state index < -0.39 is 0 Å². The van der Waals surface area contributed by atoms with Crippen molar-refractivity contribution in [1.29, 1.82) is 0 Å². The third kappa shape index (κ3) is 24.3.